The lowest BCUT2D eigenvalue weighted by Gasteiger charge is -2.00. The maximum Gasteiger partial charge on any atom is 0.304 e. The van der Waals surface area contributed by atoms with Gasteiger partial charge in [-0.25, -0.2) is 0 Å². The lowest BCUT2D eigenvalue weighted by atomic mass is 10.2. The highest BCUT2D eigenvalue weighted by Crippen LogP contribution is 2.06. The predicted molar refractivity (Wildman–Crippen MR) is 60.1 cm³/mol. The van der Waals surface area contributed by atoms with Gasteiger partial charge >= 0.3 is 5.97 Å². The second-order valence-electron chi connectivity index (χ2n) is 3.24. The van der Waals surface area contributed by atoms with E-state index in [1.165, 1.54) is 0 Å². The van der Waals surface area contributed by atoms with Crippen LogP contribution in [0.3, 0.4) is 0 Å². The van der Waals surface area contributed by atoms with Crippen LogP contribution in [0.4, 0.5) is 0 Å². The molecule has 5 heteroatoms. The number of benzene rings is 1. The van der Waals surface area contributed by atoms with Gasteiger partial charge in [-0.15, -0.1) is 0 Å². The number of aliphatic carboxylic acids is 1. The molecule has 0 aliphatic rings. The Hall–Kier alpha value is -1.67. The smallest absolute Gasteiger partial charge is 0.304 e. The summed E-state index contributed by atoms with van der Waals surface area (Å²) >= 11 is 0. The monoisotopic (exact) mass is 237 g/mol. The Morgan fingerprint density at radius 1 is 1.38 bits per heavy atom. The van der Waals surface area contributed by atoms with Crippen molar-refractivity contribution in [1.82, 2.24) is 0 Å². The van der Waals surface area contributed by atoms with Gasteiger partial charge in [-0.1, -0.05) is 12.1 Å². The zero-order valence-corrected chi connectivity index (χ0v) is 9.37. The maximum absolute atomic E-state index is 11.5. The summed E-state index contributed by atoms with van der Waals surface area (Å²) in [4.78, 5) is 10.3. The molecule has 1 rings (SSSR count). The molecule has 0 bridgehead atoms. The van der Waals surface area contributed by atoms with E-state index in [4.69, 9.17) is 10.4 Å². The van der Waals surface area contributed by atoms with Crippen molar-refractivity contribution < 1.29 is 14.1 Å². The molecule has 0 saturated carbocycles. The van der Waals surface area contributed by atoms with Crippen molar-refractivity contribution in [1.29, 1.82) is 5.26 Å². The summed E-state index contributed by atoms with van der Waals surface area (Å²) in [6.07, 6.45) is -0.0805. The van der Waals surface area contributed by atoms with Crippen molar-refractivity contribution in [2.45, 2.75) is 12.2 Å². The molecule has 84 valence electrons. The van der Waals surface area contributed by atoms with Crippen LogP contribution in [0.5, 0.6) is 0 Å². The van der Waals surface area contributed by atoms with Crippen LogP contribution in [-0.2, 0) is 21.3 Å². The predicted octanol–water partition coefficient (Wildman–Crippen LogP) is 1.28. The lowest BCUT2D eigenvalue weighted by Crippen LogP contribution is -2.06. The largest absolute Gasteiger partial charge is 0.481 e. The van der Waals surface area contributed by atoms with Crippen LogP contribution in [0.25, 0.3) is 0 Å². The zero-order valence-electron chi connectivity index (χ0n) is 8.55. The Kier molecular flexibility index (Phi) is 4.67. The topological polar surface area (TPSA) is 78.2 Å². The van der Waals surface area contributed by atoms with Gasteiger partial charge in [0.05, 0.1) is 18.1 Å². The van der Waals surface area contributed by atoms with Crippen LogP contribution >= 0.6 is 0 Å². The number of carbonyl (C=O) groups is 1. The molecule has 1 N–H and O–H groups in total. The summed E-state index contributed by atoms with van der Waals surface area (Å²) in [5.41, 5.74) is 1.41. The quantitative estimate of drug-likeness (QED) is 0.836. The molecular formula is C11H11NO3S. The fraction of sp³-hybridized carbons (Fsp3) is 0.273. The molecular weight excluding hydrogens is 226 g/mol. The molecule has 1 aromatic rings. The molecule has 0 saturated heterocycles. The average Bonchev–Trinajstić information content (AvgIpc) is 2.27. The van der Waals surface area contributed by atoms with Gasteiger partial charge in [0, 0.05) is 22.3 Å². The Balaban J connectivity index is 2.50. The summed E-state index contributed by atoms with van der Waals surface area (Å²) in [6, 6.07) is 8.77. The standard InChI is InChI=1S/C11H11NO3S/c12-7-9-1-3-10(4-2-9)8-16(15)6-5-11(13)14/h1-4H,5-6,8H2,(H,13,14). The third-order valence-corrected chi connectivity index (χ3v) is 3.27. The number of carboxylic acids is 1. The molecule has 0 aromatic heterocycles. The molecule has 0 spiro atoms. The van der Waals surface area contributed by atoms with E-state index in [0.717, 1.165) is 5.56 Å². The fourth-order valence-corrected chi connectivity index (χ4v) is 2.25. The van der Waals surface area contributed by atoms with Crippen molar-refractivity contribution in [2.24, 2.45) is 0 Å². The molecule has 0 heterocycles. The summed E-state index contributed by atoms with van der Waals surface area (Å²) in [5.74, 6) is -0.443. The normalized spacial score (nSPS) is 11.7. The van der Waals surface area contributed by atoms with E-state index in [0.29, 0.717) is 11.3 Å². The van der Waals surface area contributed by atoms with Crippen LogP contribution in [0.15, 0.2) is 24.3 Å². The van der Waals surface area contributed by atoms with Gasteiger partial charge in [0.15, 0.2) is 0 Å². The SMILES string of the molecule is N#Cc1ccc(CS(=O)CCC(=O)O)cc1. The highest BCUT2D eigenvalue weighted by molar-refractivity contribution is 7.84. The van der Waals surface area contributed by atoms with Gasteiger partial charge in [0.25, 0.3) is 0 Å². The van der Waals surface area contributed by atoms with E-state index in [9.17, 15) is 9.00 Å². The zero-order chi connectivity index (χ0) is 12.0. The second-order valence-corrected chi connectivity index (χ2v) is 4.82. The van der Waals surface area contributed by atoms with Crippen molar-refractivity contribution in [2.75, 3.05) is 5.75 Å². The van der Waals surface area contributed by atoms with Gasteiger partial charge in [-0.05, 0) is 17.7 Å². The van der Waals surface area contributed by atoms with E-state index in [-0.39, 0.29) is 12.2 Å². The molecule has 1 atom stereocenters. The summed E-state index contributed by atoms with van der Waals surface area (Å²) in [7, 11) is -1.16. The van der Waals surface area contributed by atoms with Gasteiger partial charge in [0.1, 0.15) is 0 Å². The van der Waals surface area contributed by atoms with E-state index in [2.05, 4.69) is 0 Å². The highest BCUT2D eigenvalue weighted by atomic mass is 32.2. The van der Waals surface area contributed by atoms with Crippen molar-refractivity contribution in [3.63, 3.8) is 0 Å². The van der Waals surface area contributed by atoms with Crippen LogP contribution in [-0.4, -0.2) is 21.0 Å². The van der Waals surface area contributed by atoms with Gasteiger partial charge in [0.2, 0.25) is 0 Å². The number of nitrogens with zero attached hydrogens (tertiary/aromatic N) is 1. The Morgan fingerprint density at radius 2 is 2.00 bits per heavy atom. The molecule has 4 nitrogen and oxygen atoms in total. The van der Waals surface area contributed by atoms with Gasteiger partial charge in [-0.2, -0.15) is 5.26 Å². The molecule has 1 aromatic carbocycles. The van der Waals surface area contributed by atoms with Crippen LogP contribution in [0, 0.1) is 11.3 Å². The average molecular weight is 237 g/mol. The van der Waals surface area contributed by atoms with E-state index in [1.807, 2.05) is 6.07 Å². The molecule has 0 aliphatic carbocycles. The third kappa shape index (κ3) is 4.24. The van der Waals surface area contributed by atoms with Crippen LogP contribution < -0.4 is 0 Å². The second kappa shape index (κ2) is 6.03. The maximum atomic E-state index is 11.5. The van der Waals surface area contributed by atoms with Crippen LogP contribution in [0.1, 0.15) is 17.5 Å². The van der Waals surface area contributed by atoms with Crippen LogP contribution in [0.2, 0.25) is 0 Å². The molecule has 16 heavy (non-hydrogen) atoms. The fourth-order valence-electron chi connectivity index (χ4n) is 1.13. The lowest BCUT2D eigenvalue weighted by molar-refractivity contribution is -0.136. The molecule has 1 unspecified atom stereocenters. The molecule has 0 fully saturated rings. The van der Waals surface area contributed by atoms with Crippen molar-refractivity contribution >= 4 is 16.8 Å². The number of hydrogen-bond acceptors (Lipinski definition) is 3. The summed E-state index contributed by atoms with van der Waals surface area (Å²) in [5, 5.41) is 17.0. The van der Waals surface area contributed by atoms with E-state index >= 15 is 0 Å². The minimum atomic E-state index is -1.16. The summed E-state index contributed by atoms with van der Waals surface area (Å²) in [6.45, 7) is 0. The molecule has 0 aliphatic heterocycles. The minimum absolute atomic E-state index is 0.0805. The first-order valence-corrected chi connectivity index (χ1v) is 6.16. The van der Waals surface area contributed by atoms with Crippen molar-refractivity contribution in [3.05, 3.63) is 35.4 Å². The van der Waals surface area contributed by atoms with Gasteiger partial charge in [-0.3, -0.25) is 9.00 Å². The van der Waals surface area contributed by atoms with Crippen molar-refractivity contribution in [3.8, 4) is 6.07 Å². The molecule has 0 amide bonds. The van der Waals surface area contributed by atoms with Gasteiger partial charge < -0.3 is 5.11 Å². The number of nitriles is 1. The number of rotatable bonds is 5. The Bertz CT molecular complexity index is 434. The number of hydrogen-bond donors (Lipinski definition) is 1. The third-order valence-electron chi connectivity index (χ3n) is 1.95. The minimum Gasteiger partial charge on any atom is -0.481 e. The Labute approximate surface area is 96.0 Å². The van der Waals surface area contributed by atoms with E-state index in [1.54, 1.807) is 24.3 Å². The first-order valence-electron chi connectivity index (χ1n) is 4.67. The first-order chi connectivity index (χ1) is 7.61. The van der Waals surface area contributed by atoms with E-state index < -0.39 is 16.8 Å². The highest BCUT2D eigenvalue weighted by Gasteiger charge is 2.05. The number of carboxylic acid groups (broad SMARTS) is 1. The first kappa shape index (κ1) is 12.4. The Morgan fingerprint density at radius 3 is 2.50 bits per heavy atom. The summed E-state index contributed by atoms with van der Waals surface area (Å²) < 4.78 is 11.5. The molecule has 0 radical (unpaired) electrons.